The van der Waals surface area contributed by atoms with Crippen LogP contribution >= 0.6 is 0 Å². The lowest BCUT2D eigenvalue weighted by Crippen LogP contribution is -2.42. The van der Waals surface area contributed by atoms with Crippen LogP contribution in [0.3, 0.4) is 0 Å². The number of hydrogen-bond donors (Lipinski definition) is 1. The summed E-state index contributed by atoms with van der Waals surface area (Å²) in [5.74, 6) is 4.33. The third-order valence-electron chi connectivity index (χ3n) is 10.7. The van der Waals surface area contributed by atoms with Crippen LogP contribution in [0.5, 0.6) is 0 Å². The molecule has 170 valence electrons. The lowest BCUT2D eigenvalue weighted by atomic mass is 9.53. The molecule has 0 amide bonds. The molecule has 0 bridgehead atoms. The highest BCUT2D eigenvalue weighted by Gasteiger charge is 2.54. The Bertz CT molecular complexity index is 699. The molecule has 0 saturated heterocycles. The van der Waals surface area contributed by atoms with Crippen LogP contribution in [0.2, 0.25) is 0 Å². The van der Waals surface area contributed by atoms with Gasteiger partial charge in [-0.3, -0.25) is 0 Å². The Morgan fingerprint density at radius 1 is 1.07 bits per heavy atom. The Morgan fingerprint density at radius 2 is 1.83 bits per heavy atom. The van der Waals surface area contributed by atoms with Crippen molar-refractivity contribution < 1.29 is 5.11 Å². The van der Waals surface area contributed by atoms with Gasteiger partial charge in [0.2, 0.25) is 0 Å². The molecule has 1 N–H and O–H groups in total. The van der Waals surface area contributed by atoms with Gasteiger partial charge in [-0.05, 0) is 92.8 Å². The molecule has 2 fully saturated rings. The number of allylic oxidation sites excluding steroid dienone is 3. The quantitative estimate of drug-likeness (QED) is 0.437. The van der Waals surface area contributed by atoms with Crippen molar-refractivity contribution in [1.82, 2.24) is 0 Å². The average molecular weight is 413 g/mol. The first-order valence-electron chi connectivity index (χ1n) is 13.3. The second-order valence-corrected chi connectivity index (χ2v) is 12.4. The molecule has 0 aromatic carbocycles. The Balaban J connectivity index is 1.51. The summed E-state index contributed by atoms with van der Waals surface area (Å²) in [5.41, 5.74) is 6.01. The first-order valence-corrected chi connectivity index (χ1v) is 13.3. The number of aliphatic hydroxyl groups excluding tert-OH is 1. The summed E-state index contributed by atoms with van der Waals surface area (Å²) >= 11 is 0. The van der Waals surface area contributed by atoms with Gasteiger partial charge in [-0.25, -0.2) is 0 Å². The van der Waals surface area contributed by atoms with Gasteiger partial charge in [0.05, 0.1) is 6.10 Å². The molecular formula is C29H48O. The highest BCUT2D eigenvalue weighted by molar-refractivity contribution is 5.43. The predicted molar refractivity (Wildman–Crippen MR) is 128 cm³/mol. The van der Waals surface area contributed by atoms with E-state index in [1.807, 2.05) is 11.1 Å². The SMILES string of the molecule is CCC(CCC(C)C1CCC2C3=C(CCC21C)C1(C)CC[C@H](O)CC1=CC3)C(C)C. The van der Waals surface area contributed by atoms with Crippen LogP contribution in [0.4, 0.5) is 0 Å². The summed E-state index contributed by atoms with van der Waals surface area (Å²) in [4.78, 5) is 0. The van der Waals surface area contributed by atoms with Gasteiger partial charge in [-0.1, -0.05) is 77.2 Å². The van der Waals surface area contributed by atoms with Crippen molar-refractivity contribution in [3.8, 4) is 0 Å². The van der Waals surface area contributed by atoms with E-state index in [2.05, 4.69) is 47.6 Å². The molecule has 1 heteroatoms. The molecule has 0 aromatic rings. The molecule has 0 aliphatic heterocycles. The third-order valence-corrected chi connectivity index (χ3v) is 10.7. The molecule has 7 atom stereocenters. The van der Waals surface area contributed by atoms with Crippen molar-refractivity contribution >= 4 is 0 Å². The minimum Gasteiger partial charge on any atom is -0.393 e. The largest absolute Gasteiger partial charge is 0.393 e. The number of aliphatic hydroxyl groups is 1. The maximum atomic E-state index is 10.2. The fourth-order valence-electron chi connectivity index (χ4n) is 8.56. The number of hydrogen-bond acceptors (Lipinski definition) is 1. The minimum atomic E-state index is -0.102. The zero-order chi connectivity index (χ0) is 21.7. The topological polar surface area (TPSA) is 20.2 Å². The van der Waals surface area contributed by atoms with E-state index in [0.717, 1.165) is 48.9 Å². The van der Waals surface area contributed by atoms with Crippen LogP contribution in [0.25, 0.3) is 0 Å². The van der Waals surface area contributed by atoms with E-state index in [9.17, 15) is 5.11 Å². The maximum absolute atomic E-state index is 10.2. The Morgan fingerprint density at radius 3 is 2.53 bits per heavy atom. The van der Waals surface area contributed by atoms with Gasteiger partial charge in [0.1, 0.15) is 0 Å². The minimum absolute atomic E-state index is 0.102. The lowest BCUT2D eigenvalue weighted by molar-refractivity contribution is 0.0845. The van der Waals surface area contributed by atoms with E-state index in [1.54, 1.807) is 5.57 Å². The highest BCUT2D eigenvalue weighted by atomic mass is 16.3. The van der Waals surface area contributed by atoms with Crippen LogP contribution in [0, 0.1) is 40.4 Å². The zero-order valence-electron chi connectivity index (χ0n) is 20.8. The van der Waals surface area contributed by atoms with Gasteiger partial charge < -0.3 is 5.11 Å². The van der Waals surface area contributed by atoms with Gasteiger partial charge in [0, 0.05) is 5.41 Å². The second-order valence-electron chi connectivity index (χ2n) is 12.4. The van der Waals surface area contributed by atoms with Crippen LogP contribution in [0.15, 0.2) is 22.8 Å². The Labute approximate surface area is 186 Å². The van der Waals surface area contributed by atoms with Gasteiger partial charge in [-0.15, -0.1) is 0 Å². The molecule has 6 unspecified atom stereocenters. The summed E-state index contributed by atoms with van der Waals surface area (Å²) in [6.45, 7) is 15.0. The van der Waals surface area contributed by atoms with Gasteiger partial charge in [0.25, 0.3) is 0 Å². The Hall–Kier alpha value is -0.560. The van der Waals surface area contributed by atoms with Crippen molar-refractivity contribution in [3.05, 3.63) is 22.8 Å². The molecule has 4 aliphatic carbocycles. The summed E-state index contributed by atoms with van der Waals surface area (Å²) in [5, 5.41) is 10.2. The van der Waals surface area contributed by atoms with Crippen molar-refractivity contribution in [2.75, 3.05) is 0 Å². The third kappa shape index (κ3) is 3.66. The molecule has 30 heavy (non-hydrogen) atoms. The van der Waals surface area contributed by atoms with Crippen molar-refractivity contribution in [2.45, 2.75) is 118 Å². The van der Waals surface area contributed by atoms with Crippen molar-refractivity contribution in [3.63, 3.8) is 0 Å². The first-order chi connectivity index (χ1) is 14.2. The molecule has 4 rings (SSSR count). The lowest BCUT2D eigenvalue weighted by Gasteiger charge is -2.52. The van der Waals surface area contributed by atoms with Crippen LogP contribution in [0.1, 0.15) is 112 Å². The predicted octanol–water partition coefficient (Wildman–Crippen LogP) is 8.09. The van der Waals surface area contributed by atoms with E-state index in [-0.39, 0.29) is 11.5 Å². The fourth-order valence-corrected chi connectivity index (χ4v) is 8.56. The summed E-state index contributed by atoms with van der Waals surface area (Å²) in [6, 6.07) is 0. The zero-order valence-corrected chi connectivity index (χ0v) is 20.8. The smallest absolute Gasteiger partial charge is 0.0578 e. The van der Waals surface area contributed by atoms with E-state index in [4.69, 9.17) is 0 Å². The van der Waals surface area contributed by atoms with Gasteiger partial charge >= 0.3 is 0 Å². The molecule has 1 nitrogen and oxygen atoms in total. The van der Waals surface area contributed by atoms with Gasteiger partial charge in [-0.2, -0.15) is 0 Å². The maximum Gasteiger partial charge on any atom is 0.0578 e. The normalized spacial score (nSPS) is 40.5. The summed E-state index contributed by atoms with van der Waals surface area (Å²) in [7, 11) is 0. The van der Waals surface area contributed by atoms with Crippen LogP contribution in [-0.4, -0.2) is 11.2 Å². The first kappa shape index (κ1) is 22.6. The highest BCUT2D eigenvalue weighted by Crippen LogP contribution is 2.65. The summed E-state index contributed by atoms with van der Waals surface area (Å²) in [6.07, 6.45) is 16.5. The molecule has 0 aromatic heterocycles. The average Bonchev–Trinajstić information content (AvgIpc) is 3.06. The Kier molecular flexibility index (Phi) is 6.35. The van der Waals surface area contributed by atoms with Gasteiger partial charge in [0.15, 0.2) is 0 Å². The monoisotopic (exact) mass is 412 g/mol. The van der Waals surface area contributed by atoms with E-state index in [1.165, 1.54) is 51.4 Å². The molecule has 0 radical (unpaired) electrons. The van der Waals surface area contributed by atoms with E-state index >= 15 is 0 Å². The fraction of sp³-hybridized carbons (Fsp3) is 0.862. The second kappa shape index (κ2) is 8.42. The molecule has 0 spiro atoms. The number of rotatable bonds is 6. The van der Waals surface area contributed by atoms with E-state index < -0.39 is 0 Å². The summed E-state index contributed by atoms with van der Waals surface area (Å²) < 4.78 is 0. The standard InChI is InChI=1S/C29H48O/c1-7-21(19(2)3)9-8-20(4)25-12-13-26-24-11-10-22-18-23(30)14-16-28(22,5)27(24)15-17-29(25,26)6/h10,19-21,23,25-26,30H,7-9,11-18H2,1-6H3/t20?,21?,23-,25?,26?,28?,29?/m0/s1. The molecule has 4 aliphatic rings. The van der Waals surface area contributed by atoms with Crippen LogP contribution in [-0.2, 0) is 0 Å². The molecular weight excluding hydrogens is 364 g/mol. The van der Waals surface area contributed by atoms with E-state index in [0.29, 0.717) is 5.41 Å². The number of fused-ring (bicyclic) bond motifs is 4. The molecule has 0 heterocycles. The van der Waals surface area contributed by atoms with Crippen molar-refractivity contribution in [2.24, 2.45) is 40.4 Å². The van der Waals surface area contributed by atoms with Crippen LogP contribution < -0.4 is 0 Å². The van der Waals surface area contributed by atoms with Crippen molar-refractivity contribution in [1.29, 1.82) is 0 Å². The molecule has 2 saturated carbocycles.